The third-order valence-electron chi connectivity index (χ3n) is 5.53. The van der Waals surface area contributed by atoms with Crippen molar-refractivity contribution in [3.63, 3.8) is 0 Å². The molecule has 0 amide bonds. The Morgan fingerprint density at radius 1 is 1.20 bits per heavy atom. The molecule has 0 aliphatic carbocycles. The zero-order chi connectivity index (χ0) is 21.0. The molecule has 154 valence electrons. The predicted molar refractivity (Wildman–Crippen MR) is 113 cm³/mol. The molecule has 1 saturated heterocycles. The quantitative estimate of drug-likeness (QED) is 0.530. The number of aryl methyl sites for hydroxylation is 1. The molecule has 1 fully saturated rings. The molecule has 0 bridgehead atoms. The van der Waals surface area contributed by atoms with Crippen LogP contribution in [0.25, 0.3) is 11.2 Å². The highest BCUT2D eigenvalue weighted by molar-refractivity contribution is 6.07. The topological polar surface area (TPSA) is 66.9 Å². The largest absolute Gasteiger partial charge is 0.368 e. The number of hydrogen-bond acceptors (Lipinski definition) is 5. The Labute approximate surface area is 173 Å². The van der Waals surface area contributed by atoms with Crippen LogP contribution in [0.3, 0.4) is 0 Å². The number of aromatic nitrogens is 4. The summed E-state index contributed by atoms with van der Waals surface area (Å²) in [6.07, 6.45) is 6.83. The molecule has 8 heteroatoms. The standard InChI is InChI=1S/C22H23FN6O/c1-13-9-27(10-14(2)25-13)17-4-5-29-18(7-17)8-24-22(29)20(30)16-6-19(23)21-26-15(3)11-28(21)12-16/h4-8,11-14,25H,9-10H2,1-3H3. The number of nitrogens with one attached hydrogen (secondary N) is 1. The van der Waals surface area contributed by atoms with E-state index in [1.165, 1.54) is 6.07 Å². The van der Waals surface area contributed by atoms with Crippen molar-refractivity contribution in [2.24, 2.45) is 0 Å². The zero-order valence-electron chi connectivity index (χ0n) is 17.1. The van der Waals surface area contributed by atoms with Gasteiger partial charge in [0.1, 0.15) is 0 Å². The lowest BCUT2D eigenvalue weighted by atomic mass is 10.1. The van der Waals surface area contributed by atoms with E-state index in [1.54, 1.807) is 34.3 Å². The first-order valence-corrected chi connectivity index (χ1v) is 10.1. The minimum absolute atomic E-state index is 0.209. The summed E-state index contributed by atoms with van der Waals surface area (Å²) < 4.78 is 17.7. The van der Waals surface area contributed by atoms with Crippen LogP contribution in [0.1, 0.15) is 35.7 Å². The zero-order valence-corrected chi connectivity index (χ0v) is 17.1. The van der Waals surface area contributed by atoms with Crippen molar-refractivity contribution in [3.8, 4) is 0 Å². The molecule has 1 aliphatic heterocycles. The van der Waals surface area contributed by atoms with E-state index in [0.29, 0.717) is 17.8 Å². The minimum Gasteiger partial charge on any atom is -0.368 e. The fourth-order valence-corrected chi connectivity index (χ4v) is 4.32. The van der Waals surface area contributed by atoms with Crippen LogP contribution in [0.5, 0.6) is 0 Å². The molecule has 0 aromatic carbocycles. The summed E-state index contributed by atoms with van der Waals surface area (Å²) in [6, 6.07) is 6.08. The Kier molecular flexibility index (Phi) is 4.32. The second kappa shape index (κ2) is 6.91. The van der Waals surface area contributed by atoms with Crippen molar-refractivity contribution in [2.45, 2.75) is 32.9 Å². The highest BCUT2D eigenvalue weighted by Gasteiger charge is 2.23. The van der Waals surface area contributed by atoms with Gasteiger partial charge in [0.25, 0.3) is 0 Å². The maximum Gasteiger partial charge on any atom is 0.230 e. The van der Waals surface area contributed by atoms with Crippen molar-refractivity contribution in [2.75, 3.05) is 18.0 Å². The summed E-state index contributed by atoms with van der Waals surface area (Å²) in [5.74, 6) is -0.604. The van der Waals surface area contributed by atoms with Gasteiger partial charge in [-0.15, -0.1) is 0 Å². The molecule has 4 aromatic heterocycles. The number of rotatable bonds is 3. The SMILES string of the molecule is Cc1cn2cc(C(=O)c3ncc4cc(N5CC(C)NC(C)C5)ccn34)cc(F)c2n1. The summed E-state index contributed by atoms with van der Waals surface area (Å²) in [5.41, 5.74) is 3.06. The van der Waals surface area contributed by atoms with E-state index < -0.39 is 5.82 Å². The van der Waals surface area contributed by atoms with Crippen molar-refractivity contribution in [1.29, 1.82) is 0 Å². The van der Waals surface area contributed by atoms with Gasteiger partial charge in [-0.05, 0) is 39.0 Å². The minimum atomic E-state index is -0.529. The van der Waals surface area contributed by atoms with Crippen LogP contribution >= 0.6 is 0 Å². The van der Waals surface area contributed by atoms with Gasteiger partial charge in [0, 0.05) is 55.0 Å². The average Bonchev–Trinajstić information content (AvgIpc) is 3.29. The maximum absolute atomic E-state index is 14.4. The molecule has 30 heavy (non-hydrogen) atoms. The van der Waals surface area contributed by atoms with Crippen LogP contribution in [0, 0.1) is 12.7 Å². The first kappa shape index (κ1) is 18.7. The molecule has 2 unspecified atom stereocenters. The van der Waals surface area contributed by atoms with Crippen molar-refractivity contribution < 1.29 is 9.18 Å². The van der Waals surface area contributed by atoms with Gasteiger partial charge in [-0.25, -0.2) is 14.4 Å². The Bertz CT molecular complexity index is 1270. The van der Waals surface area contributed by atoms with Gasteiger partial charge in [-0.2, -0.15) is 0 Å². The number of hydrogen-bond donors (Lipinski definition) is 1. The summed E-state index contributed by atoms with van der Waals surface area (Å²) in [4.78, 5) is 23.9. The summed E-state index contributed by atoms with van der Waals surface area (Å²) in [6.45, 7) is 7.98. The Morgan fingerprint density at radius 2 is 1.97 bits per heavy atom. The first-order chi connectivity index (χ1) is 14.4. The van der Waals surface area contributed by atoms with Crippen LogP contribution in [-0.4, -0.2) is 49.7 Å². The number of pyridine rings is 2. The third-order valence-corrected chi connectivity index (χ3v) is 5.53. The molecule has 1 N–H and O–H groups in total. The van der Waals surface area contributed by atoms with E-state index in [2.05, 4.69) is 34.0 Å². The molecule has 4 aromatic rings. The smallest absolute Gasteiger partial charge is 0.230 e. The number of ketones is 1. The number of fused-ring (bicyclic) bond motifs is 2. The number of carbonyl (C=O) groups excluding carboxylic acids is 1. The van der Waals surface area contributed by atoms with Crippen LogP contribution in [-0.2, 0) is 0 Å². The highest BCUT2D eigenvalue weighted by atomic mass is 19.1. The highest BCUT2D eigenvalue weighted by Crippen LogP contribution is 2.22. The van der Waals surface area contributed by atoms with Crippen LogP contribution < -0.4 is 10.2 Å². The van der Waals surface area contributed by atoms with Crippen LogP contribution in [0.2, 0.25) is 0 Å². The Balaban J connectivity index is 1.50. The van der Waals surface area contributed by atoms with Crippen LogP contribution in [0.4, 0.5) is 10.1 Å². The number of piperazine rings is 1. The van der Waals surface area contributed by atoms with E-state index in [1.807, 2.05) is 18.3 Å². The molecule has 0 saturated carbocycles. The monoisotopic (exact) mass is 406 g/mol. The lowest BCUT2D eigenvalue weighted by molar-refractivity contribution is 0.102. The molecule has 0 spiro atoms. The molecule has 2 atom stereocenters. The molecule has 5 rings (SSSR count). The number of anilines is 1. The molecule has 7 nitrogen and oxygen atoms in total. The Morgan fingerprint density at radius 3 is 2.73 bits per heavy atom. The first-order valence-electron chi connectivity index (χ1n) is 10.1. The summed E-state index contributed by atoms with van der Waals surface area (Å²) >= 11 is 0. The van der Waals surface area contributed by atoms with Gasteiger partial charge in [-0.3, -0.25) is 9.20 Å². The normalized spacial score (nSPS) is 19.7. The number of carbonyl (C=O) groups is 1. The second-order valence-corrected chi connectivity index (χ2v) is 8.15. The van der Waals surface area contributed by atoms with Gasteiger partial charge >= 0.3 is 0 Å². The fourth-order valence-electron chi connectivity index (χ4n) is 4.32. The van der Waals surface area contributed by atoms with Gasteiger partial charge in [0.15, 0.2) is 17.3 Å². The van der Waals surface area contributed by atoms with E-state index in [9.17, 15) is 9.18 Å². The van der Waals surface area contributed by atoms with Gasteiger partial charge in [0.2, 0.25) is 5.78 Å². The molecular formula is C22H23FN6O. The fraction of sp³-hybridized carbons (Fsp3) is 0.318. The van der Waals surface area contributed by atoms with Gasteiger partial charge < -0.3 is 14.6 Å². The number of halogens is 1. The van der Waals surface area contributed by atoms with Crippen LogP contribution in [0.15, 0.2) is 43.0 Å². The maximum atomic E-state index is 14.4. The lowest BCUT2D eigenvalue weighted by Gasteiger charge is -2.37. The molecular weight excluding hydrogens is 383 g/mol. The van der Waals surface area contributed by atoms with Crippen molar-refractivity contribution in [3.05, 3.63) is 65.9 Å². The molecule has 0 radical (unpaired) electrons. The van der Waals surface area contributed by atoms with Crippen molar-refractivity contribution >= 4 is 22.6 Å². The predicted octanol–water partition coefficient (Wildman–Crippen LogP) is 2.85. The molecule has 1 aliphatic rings. The summed E-state index contributed by atoms with van der Waals surface area (Å²) in [7, 11) is 0. The number of imidazole rings is 2. The van der Waals surface area contributed by atoms with E-state index in [4.69, 9.17) is 0 Å². The molecule has 5 heterocycles. The van der Waals surface area contributed by atoms with E-state index in [0.717, 1.165) is 24.3 Å². The number of nitrogens with zero attached hydrogens (tertiary/aromatic N) is 5. The second-order valence-electron chi connectivity index (χ2n) is 8.15. The van der Waals surface area contributed by atoms with E-state index >= 15 is 0 Å². The average molecular weight is 406 g/mol. The van der Waals surface area contributed by atoms with Gasteiger partial charge in [0.05, 0.1) is 17.4 Å². The lowest BCUT2D eigenvalue weighted by Crippen LogP contribution is -2.54. The van der Waals surface area contributed by atoms with Crippen molar-refractivity contribution in [1.82, 2.24) is 24.1 Å². The third kappa shape index (κ3) is 3.13. The van der Waals surface area contributed by atoms with E-state index in [-0.39, 0.29) is 22.8 Å². The summed E-state index contributed by atoms with van der Waals surface area (Å²) in [5, 5.41) is 3.53. The Hall–Kier alpha value is -3.26. The van der Waals surface area contributed by atoms with Gasteiger partial charge in [-0.1, -0.05) is 0 Å².